The molecule has 0 fully saturated rings. The van der Waals surface area contributed by atoms with Crippen molar-refractivity contribution in [2.24, 2.45) is 0 Å². The second-order valence-electron chi connectivity index (χ2n) is 5.02. The summed E-state index contributed by atoms with van der Waals surface area (Å²) >= 11 is 0. The molecular formula is C15H23NO4. The lowest BCUT2D eigenvalue weighted by molar-refractivity contribution is -0.136. The van der Waals surface area contributed by atoms with Crippen molar-refractivity contribution in [1.29, 1.82) is 0 Å². The minimum Gasteiger partial charge on any atom is -0.496 e. The van der Waals surface area contributed by atoms with Gasteiger partial charge in [0.25, 0.3) is 0 Å². The molecule has 20 heavy (non-hydrogen) atoms. The van der Waals surface area contributed by atoms with Crippen molar-refractivity contribution < 1.29 is 19.7 Å². The third-order valence-corrected chi connectivity index (χ3v) is 3.13. The summed E-state index contributed by atoms with van der Waals surface area (Å²) in [5, 5.41) is 21.7. The molecule has 0 amide bonds. The van der Waals surface area contributed by atoms with Gasteiger partial charge in [-0.25, -0.2) is 0 Å². The van der Waals surface area contributed by atoms with Crippen molar-refractivity contribution in [3.63, 3.8) is 0 Å². The summed E-state index contributed by atoms with van der Waals surface area (Å²) in [5.74, 6) is 0.153. The normalized spacial score (nSPS) is 12.4. The van der Waals surface area contributed by atoms with Gasteiger partial charge in [-0.2, -0.15) is 0 Å². The topological polar surface area (TPSA) is 78.8 Å². The molecule has 0 aromatic heterocycles. The Morgan fingerprint density at radius 1 is 1.40 bits per heavy atom. The summed E-state index contributed by atoms with van der Waals surface area (Å²) in [6.45, 7) is 4.80. The van der Waals surface area contributed by atoms with Crippen molar-refractivity contribution in [3.05, 3.63) is 29.3 Å². The van der Waals surface area contributed by atoms with Crippen LogP contribution in [0.15, 0.2) is 18.2 Å². The van der Waals surface area contributed by atoms with E-state index in [0.717, 1.165) is 11.1 Å². The van der Waals surface area contributed by atoms with Crippen LogP contribution < -0.4 is 10.1 Å². The van der Waals surface area contributed by atoms with E-state index in [9.17, 15) is 9.90 Å². The maximum atomic E-state index is 10.4. The SMILES string of the molecule is COc1ccc(C(C)C)cc1C(O)CNCCC(=O)O. The molecule has 3 N–H and O–H groups in total. The molecule has 5 nitrogen and oxygen atoms in total. The van der Waals surface area contributed by atoms with Crippen LogP contribution in [0.1, 0.15) is 43.4 Å². The van der Waals surface area contributed by atoms with E-state index in [2.05, 4.69) is 19.2 Å². The highest BCUT2D eigenvalue weighted by Gasteiger charge is 2.15. The third-order valence-electron chi connectivity index (χ3n) is 3.13. The Balaban J connectivity index is 2.71. The van der Waals surface area contributed by atoms with E-state index < -0.39 is 12.1 Å². The fourth-order valence-electron chi connectivity index (χ4n) is 1.92. The van der Waals surface area contributed by atoms with Crippen LogP contribution >= 0.6 is 0 Å². The molecule has 1 atom stereocenters. The van der Waals surface area contributed by atoms with Crippen LogP contribution in [-0.2, 0) is 4.79 Å². The van der Waals surface area contributed by atoms with E-state index in [1.807, 2.05) is 18.2 Å². The molecule has 1 rings (SSSR count). The summed E-state index contributed by atoms with van der Waals surface area (Å²) in [4.78, 5) is 10.4. The summed E-state index contributed by atoms with van der Waals surface area (Å²) < 4.78 is 5.26. The zero-order chi connectivity index (χ0) is 15.1. The van der Waals surface area contributed by atoms with Crippen LogP contribution in [-0.4, -0.2) is 36.4 Å². The monoisotopic (exact) mass is 281 g/mol. The molecule has 5 heteroatoms. The molecule has 0 radical (unpaired) electrons. The quantitative estimate of drug-likeness (QED) is 0.634. The molecule has 0 spiro atoms. The van der Waals surface area contributed by atoms with Gasteiger partial charge in [-0.1, -0.05) is 19.9 Å². The number of hydrogen-bond acceptors (Lipinski definition) is 4. The van der Waals surface area contributed by atoms with E-state index >= 15 is 0 Å². The van der Waals surface area contributed by atoms with Crippen molar-refractivity contribution >= 4 is 5.97 Å². The molecule has 0 aliphatic heterocycles. The summed E-state index contributed by atoms with van der Waals surface area (Å²) in [7, 11) is 1.57. The van der Waals surface area contributed by atoms with Gasteiger partial charge in [0.1, 0.15) is 5.75 Å². The molecule has 112 valence electrons. The number of carbonyl (C=O) groups is 1. The van der Waals surface area contributed by atoms with Crippen LogP contribution in [0.5, 0.6) is 5.75 Å². The zero-order valence-corrected chi connectivity index (χ0v) is 12.2. The Morgan fingerprint density at radius 2 is 2.10 bits per heavy atom. The highest BCUT2D eigenvalue weighted by Crippen LogP contribution is 2.28. The number of rotatable bonds is 8. The van der Waals surface area contributed by atoms with E-state index in [1.54, 1.807) is 7.11 Å². The average molecular weight is 281 g/mol. The van der Waals surface area contributed by atoms with E-state index in [1.165, 1.54) is 0 Å². The first-order valence-electron chi connectivity index (χ1n) is 6.74. The number of carboxylic acids is 1. The Morgan fingerprint density at radius 3 is 2.65 bits per heavy atom. The molecule has 0 aliphatic carbocycles. The molecule has 1 aromatic carbocycles. The van der Waals surface area contributed by atoms with E-state index in [-0.39, 0.29) is 6.42 Å². The largest absolute Gasteiger partial charge is 0.496 e. The van der Waals surface area contributed by atoms with Crippen molar-refractivity contribution in [2.45, 2.75) is 32.3 Å². The number of methoxy groups -OCH3 is 1. The average Bonchev–Trinajstić information content (AvgIpc) is 2.42. The second-order valence-corrected chi connectivity index (χ2v) is 5.02. The maximum absolute atomic E-state index is 10.4. The van der Waals surface area contributed by atoms with Crippen LogP contribution in [0.3, 0.4) is 0 Å². The Hall–Kier alpha value is -1.59. The van der Waals surface area contributed by atoms with Gasteiger partial charge in [-0.15, -0.1) is 0 Å². The van der Waals surface area contributed by atoms with Crippen molar-refractivity contribution in [1.82, 2.24) is 5.32 Å². The number of aliphatic hydroxyl groups is 1. The summed E-state index contributed by atoms with van der Waals surface area (Å²) in [5.41, 5.74) is 1.85. The molecule has 0 aliphatic rings. The van der Waals surface area contributed by atoms with Gasteiger partial charge in [0.15, 0.2) is 0 Å². The number of hydrogen-bond donors (Lipinski definition) is 3. The Bertz CT molecular complexity index is 445. The van der Waals surface area contributed by atoms with Gasteiger partial charge >= 0.3 is 5.97 Å². The van der Waals surface area contributed by atoms with Gasteiger partial charge in [-0.05, 0) is 23.6 Å². The zero-order valence-electron chi connectivity index (χ0n) is 12.2. The van der Waals surface area contributed by atoms with Crippen LogP contribution in [0.2, 0.25) is 0 Å². The fourth-order valence-corrected chi connectivity index (χ4v) is 1.92. The fraction of sp³-hybridized carbons (Fsp3) is 0.533. The lowest BCUT2D eigenvalue weighted by Crippen LogP contribution is -2.24. The minimum absolute atomic E-state index is 0.0376. The predicted molar refractivity (Wildman–Crippen MR) is 77.2 cm³/mol. The highest BCUT2D eigenvalue weighted by molar-refractivity contribution is 5.66. The van der Waals surface area contributed by atoms with Gasteiger partial charge < -0.3 is 20.3 Å². The lowest BCUT2D eigenvalue weighted by atomic mass is 9.98. The number of ether oxygens (including phenoxy) is 1. The molecule has 0 bridgehead atoms. The van der Waals surface area contributed by atoms with E-state index in [0.29, 0.717) is 24.8 Å². The Kier molecular flexibility index (Phi) is 6.48. The van der Waals surface area contributed by atoms with Gasteiger partial charge in [0.2, 0.25) is 0 Å². The van der Waals surface area contributed by atoms with Gasteiger partial charge in [0, 0.05) is 18.7 Å². The van der Waals surface area contributed by atoms with E-state index in [4.69, 9.17) is 9.84 Å². The maximum Gasteiger partial charge on any atom is 0.304 e. The van der Waals surface area contributed by atoms with Gasteiger partial charge in [-0.3, -0.25) is 4.79 Å². The van der Waals surface area contributed by atoms with Crippen LogP contribution in [0.4, 0.5) is 0 Å². The van der Waals surface area contributed by atoms with Crippen LogP contribution in [0.25, 0.3) is 0 Å². The first-order chi connectivity index (χ1) is 9.45. The number of nitrogens with one attached hydrogen (secondary N) is 1. The van der Waals surface area contributed by atoms with Crippen molar-refractivity contribution in [2.75, 3.05) is 20.2 Å². The van der Waals surface area contributed by atoms with Gasteiger partial charge in [0.05, 0.1) is 19.6 Å². The highest BCUT2D eigenvalue weighted by atomic mass is 16.5. The smallest absolute Gasteiger partial charge is 0.304 e. The number of aliphatic hydroxyl groups excluding tert-OH is 1. The number of carboxylic acid groups (broad SMARTS) is 1. The Labute approximate surface area is 119 Å². The first-order valence-corrected chi connectivity index (χ1v) is 6.74. The first kappa shape index (κ1) is 16.5. The molecular weight excluding hydrogens is 258 g/mol. The van der Waals surface area contributed by atoms with Crippen molar-refractivity contribution in [3.8, 4) is 5.75 Å². The molecule has 1 unspecified atom stereocenters. The second kappa shape index (κ2) is 7.87. The molecule has 0 saturated heterocycles. The van der Waals surface area contributed by atoms with Crippen LogP contribution in [0, 0.1) is 0 Å². The summed E-state index contributed by atoms with van der Waals surface area (Å²) in [6.07, 6.45) is -0.687. The minimum atomic E-state index is -0.855. The molecule has 0 heterocycles. The third kappa shape index (κ3) is 4.83. The molecule has 1 aromatic rings. The molecule has 0 saturated carbocycles. The lowest BCUT2D eigenvalue weighted by Gasteiger charge is -2.17. The summed E-state index contributed by atoms with van der Waals surface area (Å²) in [6, 6.07) is 5.77. The predicted octanol–water partition coefficient (Wildman–Crippen LogP) is 1.92. The number of aliphatic carboxylic acids is 1. The number of benzene rings is 1. The standard InChI is InChI=1S/C15H23NO4/c1-10(2)11-4-5-14(20-3)12(8-11)13(17)9-16-7-6-15(18)19/h4-5,8,10,13,16-17H,6-7,9H2,1-3H3,(H,18,19).